The van der Waals surface area contributed by atoms with Crippen LogP contribution in [-0.2, 0) is 4.79 Å². The van der Waals surface area contributed by atoms with Crippen LogP contribution in [0.3, 0.4) is 0 Å². The fourth-order valence-electron chi connectivity index (χ4n) is 2.82. The topological polar surface area (TPSA) is 73.2 Å². The number of anilines is 1. The fraction of sp³-hybridized carbons (Fsp3) is 0.227. The number of ether oxygens (including phenoxy) is 1. The molecule has 0 aliphatic carbocycles. The minimum Gasteiger partial charge on any atom is -0.497 e. The molecule has 28 heavy (non-hydrogen) atoms. The van der Waals surface area contributed by atoms with E-state index in [9.17, 15) is 9.59 Å². The quantitative estimate of drug-likeness (QED) is 0.735. The zero-order chi connectivity index (χ0) is 20.3. The normalized spacial score (nSPS) is 11.7. The van der Waals surface area contributed by atoms with Crippen molar-refractivity contribution in [2.75, 3.05) is 12.4 Å². The second kappa shape index (κ2) is 8.08. The van der Waals surface area contributed by atoms with E-state index in [-0.39, 0.29) is 11.5 Å². The van der Waals surface area contributed by atoms with Crippen LogP contribution < -0.4 is 15.6 Å². The molecule has 0 unspecified atom stereocenters. The van der Waals surface area contributed by atoms with E-state index in [0.29, 0.717) is 17.1 Å². The van der Waals surface area contributed by atoms with Crippen LogP contribution in [-0.4, -0.2) is 22.8 Å². The van der Waals surface area contributed by atoms with Gasteiger partial charge in [0.2, 0.25) is 5.91 Å². The van der Waals surface area contributed by atoms with E-state index in [1.807, 2.05) is 32.0 Å². The van der Waals surface area contributed by atoms with Crippen LogP contribution in [0.5, 0.6) is 5.75 Å². The summed E-state index contributed by atoms with van der Waals surface area (Å²) >= 11 is 0. The van der Waals surface area contributed by atoms with Gasteiger partial charge in [-0.25, -0.2) is 4.68 Å². The van der Waals surface area contributed by atoms with Crippen LogP contribution in [0, 0.1) is 13.8 Å². The standard InChI is InChI=1S/C22H23N3O3/c1-14-8-9-17(12-15(14)2)20-10-11-21(26)25(24-20)16(3)22(27)23-18-6-5-7-19(13-18)28-4/h5-13,16H,1-4H3,(H,23,27)/t16-/m1/s1. The predicted molar refractivity (Wildman–Crippen MR) is 110 cm³/mol. The van der Waals surface area contributed by atoms with Crippen molar-refractivity contribution in [1.82, 2.24) is 9.78 Å². The molecule has 0 bridgehead atoms. The van der Waals surface area contributed by atoms with Gasteiger partial charge in [-0.2, -0.15) is 5.10 Å². The molecular weight excluding hydrogens is 354 g/mol. The van der Waals surface area contributed by atoms with Gasteiger partial charge >= 0.3 is 0 Å². The molecule has 0 saturated heterocycles. The molecule has 0 fully saturated rings. The number of methoxy groups -OCH3 is 1. The van der Waals surface area contributed by atoms with Crippen molar-refractivity contribution in [3.63, 3.8) is 0 Å². The lowest BCUT2D eigenvalue weighted by atomic mass is 10.0. The van der Waals surface area contributed by atoms with Crippen molar-refractivity contribution in [1.29, 1.82) is 0 Å². The third-order valence-corrected chi connectivity index (χ3v) is 4.71. The van der Waals surface area contributed by atoms with Crippen LogP contribution in [0.15, 0.2) is 59.4 Å². The number of aryl methyl sites for hydroxylation is 2. The number of aromatic nitrogens is 2. The molecule has 6 heteroatoms. The zero-order valence-electron chi connectivity index (χ0n) is 16.4. The van der Waals surface area contributed by atoms with Gasteiger partial charge in [0.15, 0.2) is 0 Å². The number of benzene rings is 2. The van der Waals surface area contributed by atoms with Crippen molar-refractivity contribution < 1.29 is 9.53 Å². The van der Waals surface area contributed by atoms with Gasteiger partial charge in [0.1, 0.15) is 11.8 Å². The molecule has 0 aliphatic heterocycles. The number of carbonyl (C=O) groups excluding carboxylic acids is 1. The summed E-state index contributed by atoms with van der Waals surface area (Å²) in [7, 11) is 1.56. The Morgan fingerprint density at radius 3 is 2.57 bits per heavy atom. The lowest BCUT2D eigenvalue weighted by Crippen LogP contribution is -2.33. The number of hydrogen-bond donors (Lipinski definition) is 1. The van der Waals surface area contributed by atoms with E-state index in [2.05, 4.69) is 10.4 Å². The molecule has 0 aliphatic rings. The van der Waals surface area contributed by atoms with Gasteiger partial charge in [-0.05, 0) is 56.2 Å². The number of rotatable bonds is 5. The monoisotopic (exact) mass is 377 g/mol. The first-order valence-electron chi connectivity index (χ1n) is 9.01. The predicted octanol–water partition coefficient (Wildman–Crippen LogP) is 3.74. The molecule has 3 rings (SSSR count). The molecule has 2 aromatic carbocycles. The number of carbonyl (C=O) groups is 1. The minimum atomic E-state index is -0.773. The summed E-state index contributed by atoms with van der Waals surface area (Å²) in [6.45, 7) is 5.71. The van der Waals surface area contributed by atoms with Gasteiger partial charge < -0.3 is 10.1 Å². The van der Waals surface area contributed by atoms with E-state index in [4.69, 9.17) is 4.74 Å². The van der Waals surface area contributed by atoms with Gasteiger partial charge in [-0.3, -0.25) is 9.59 Å². The third-order valence-electron chi connectivity index (χ3n) is 4.71. The van der Waals surface area contributed by atoms with Crippen molar-refractivity contribution in [2.24, 2.45) is 0 Å². The van der Waals surface area contributed by atoms with Crippen LogP contribution >= 0.6 is 0 Å². The Bertz CT molecular complexity index is 1070. The van der Waals surface area contributed by atoms with E-state index in [1.54, 1.807) is 44.4 Å². The highest BCUT2D eigenvalue weighted by Gasteiger charge is 2.18. The number of amides is 1. The van der Waals surface area contributed by atoms with Gasteiger partial charge in [0.05, 0.1) is 12.8 Å². The van der Waals surface area contributed by atoms with Crippen molar-refractivity contribution in [2.45, 2.75) is 26.8 Å². The summed E-state index contributed by atoms with van der Waals surface area (Å²) in [5.41, 5.74) is 4.13. The third kappa shape index (κ3) is 4.11. The highest BCUT2D eigenvalue weighted by Crippen LogP contribution is 2.21. The molecule has 0 radical (unpaired) electrons. The fourth-order valence-corrected chi connectivity index (χ4v) is 2.82. The Morgan fingerprint density at radius 2 is 1.86 bits per heavy atom. The van der Waals surface area contributed by atoms with Gasteiger partial charge in [0.25, 0.3) is 5.56 Å². The largest absolute Gasteiger partial charge is 0.497 e. The first-order chi connectivity index (χ1) is 13.4. The lowest BCUT2D eigenvalue weighted by Gasteiger charge is -2.15. The minimum absolute atomic E-state index is 0.333. The highest BCUT2D eigenvalue weighted by molar-refractivity contribution is 5.93. The summed E-state index contributed by atoms with van der Waals surface area (Å²) in [6, 6.07) is 15.4. The first-order valence-corrected chi connectivity index (χ1v) is 9.01. The SMILES string of the molecule is COc1cccc(NC(=O)[C@@H](C)n2nc(-c3ccc(C)c(C)c3)ccc2=O)c1. The Labute approximate surface area is 163 Å². The average molecular weight is 377 g/mol. The Kier molecular flexibility index (Phi) is 5.59. The van der Waals surface area contributed by atoms with Gasteiger partial charge in [-0.1, -0.05) is 18.2 Å². The molecule has 1 amide bonds. The maximum Gasteiger partial charge on any atom is 0.267 e. The smallest absolute Gasteiger partial charge is 0.267 e. The Hall–Kier alpha value is -3.41. The molecule has 144 valence electrons. The van der Waals surface area contributed by atoms with Crippen molar-refractivity contribution in [3.05, 3.63) is 76.1 Å². The summed E-state index contributed by atoms with van der Waals surface area (Å²) in [6.07, 6.45) is 0. The lowest BCUT2D eigenvalue weighted by molar-refractivity contribution is -0.119. The second-order valence-electron chi connectivity index (χ2n) is 6.70. The van der Waals surface area contributed by atoms with Crippen molar-refractivity contribution >= 4 is 11.6 Å². The van der Waals surface area contributed by atoms with Crippen LogP contribution in [0.1, 0.15) is 24.1 Å². The highest BCUT2D eigenvalue weighted by atomic mass is 16.5. The molecule has 6 nitrogen and oxygen atoms in total. The number of nitrogens with one attached hydrogen (secondary N) is 1. The van der Waals surface area contributed by atoms with Gasteiger partial charge in [0, 0.05) is 23.4 Å². The maximum atomic E-state index is 12.7. The summed E-state index contributed by atoms with van der Waals surface area (Å²) in [5, 5.41) is 7.23. The van der Waals surface area contributed by atoms with E-state index >= 15 is 0 Å². The van der Waals surface area contributed by atoms with E-state index < -0.39 is 6.04 Å². The maximum absolute atomic E-state index is 12.7. The molecule has 0 spiro atoms. The van der Waals surface area contributed by atoms with E-state index in [0.717, 1.165) is 11.1 Å². The zero-order valence-corrected chi connectivity index (χ0v) is 16.4. The summed E-state index contributed by atoms with van der Waals surface area (Å²) in [5.74, 6) is 0.303. The van der Waals surface area contributed by atoms with Crippen LogP contribution in [0.25, 0.3) is 11.3 Å². The molecular formula is C22H23N3O3. The molecule has 1 aromatic heterocycles. The molecule has 0 saturated carbocycles. The number of hydrogen-bond acceptors (Lipinski definition) is 4. The van der Waals surface area contributed by atoms with Crippen molar-refractivity contribution in [3.8, 4) is 17.0 Å². The average Bonchev–Trinajstić information content (AvgIpc) is 2.70. The Morgan fingerprint density at radius 1 is 1.07 bits per heavy atom. The van der Waals surface area contributed by atoms with Gasteiger partial charge in [-0.15, -0.1) is 0 Å². The summed E-state index contributed by atoms with van der Waals surface area (Å²) < 4.78 is 6.37. The molecule has 1 atom stereocenters. The molecule has 1 heterocycles. The molecule has 3 aromatic rings. The number of nitrogens with zero attached hydrogens (tertiary/aromatic N) is 2. The molecule has 1 N–H and O–H groups in total. The summed E-state index contributed by atoms with van der Waals surface area (Å²) in [4.78, 5) is 25.0. The van der Waals surface area contributed by atoms with E-state index in [1.165, 1.54) is 16.3 Å². The van der Waals surface area contributed by atoms with Crippen LogP contribution in [0.4, 0.5) is 5.69 Å². The van der Waals surface area contributed by atoms with Crippen LogP contribution in [0.2, 0.25) is 0 Å². The second-order valence-corrected chi connectivity index (χ2v) is 6.70. The Balaban J connectivity index is 1.88. The first kappa shape index (κ1) is 19.4.